The third kappa shape index (κ3) is 2.14. The molecule has 1 atom stereocenters. The minimum Gasteiger partial charge on any atom is -0.356 e. The van der Waals surface area contributed by atoms with Crippen molar-refractivity contribution in [1.29, 1.82) is 0 Å². The largest absolute Gasteiger partial charge is 0.356 e. The molecule has 94 valence electrons. The van der Waals surface area contributed by atoms with Crippen LogP contribution in [0.4, 0.5) is 10.7 Å². The summed E-state index contributed by atoms with van der Waals surface area (Å²) >= 11 is 1.45. The van der Waals surface area contributed by atoms with Gasteiger partial charge in [0.05, 0.1) is 4.92 Å². The predicted molar refractivity (Wildman–Crippen MR) is 69.9 cm³/mol. The summed E-state index contributed by atoms with van der Waals surface area (Å²) in [4.78, 5) is 14.9. The zero-order valence-electron chi connectivity index (χ0n) is 10.3. The number of hydrogen-bond donors (Lipinski definition) is 0. The van der Waals surface area contributed by atoms with E-state index in [1.54, 1.807) is 11.4 Å². The molecule has 1 aromatic heterocycles. The van der Waals surface area contributed by atoms with E-state index in [1.807, 2.05) is 0 Å². The molecule has 0 amide bonds. The molecule has 17 heavy (non-hydrogen) atoms. The van der Waals surface area contributed by atoms with Gasteiger partial charge in [-0.2, -0.15) is 0 Å². The fraction of sp³-hybridized carbons (Fsp3) is 0.636. The second kappa shape index (κ2) is 4.27. The lowest BCUT2D eigenvalue weighted by Crippen LogP contribution is -2.43. The second-order valence-corrected chi connectivity index (χ2v) is 5.83. The zero-order chi connectivity index (χ0) is 12.6. The Kier molecular flexibility index (Phi) is 3.09. The Morgan fingerprint density at radius 2 is 2.29 bits per heavy atom. The van der Waals surface area contributed by atoms with Gasteiger partial charge in [-0.15, -0.1) is 11.3 Å². The van der Waals surface area contributed by atoms with Crippen LogP contribution in [-0.2, 0) is 0 Å². The highest BCUT2D eigenvalue weighted by molar-refractivity contribution is 7.14. The van der Waals surface area contributed by atoms with Crippen LogP contribution in [0.15, 0.2) is 11.4 Å². The number of anilines is 1. The molecule has 1 aliphatic heterocycles. The average Bonchev–Trinajstić information content (AvgIpc) is 2.83. The molecule has 0 N–H and O–H groups in total. The van der Waals surface area contributed by atoms with Gasteiger partial charge in [0.1, 0.15) is 0 Å². The third-order valence-electron chi connectivity index (χ3n) is 3.64. The molecule has 2 heterocycles. The maximum absolute atomic E-state index is 10.9. The van der Waals surface area contributed by atoms with Crippen molar-refractivity contribution in [3.63, 3.8) is 0 Å². The fourth-order valence-corrected chi connectivity index (χ4v) is 3.05. The van der Waals surface area contributed by atoms with Crippen molar-refractivity contribution in [3.05, 3.63) is 21.6 Å². The normalized spacial score (nSPS) is 24.6. The molecule has 1 aromatic rings. The molecule has 1 aliphatic rings. The van der Waals surface area contributed by atoms with E-state index in [9.17, 15) is 10.1 Å². The van der Waals surface area contributed by atoms with Crippen LogP contribution in [0.1, 0.15) is 13.3 Å². The van der Waals surface area contributed by atoms with Gasteiger partial charge in [-0.3, -0.25) is 10.1 Å². The summed E-state index contributed by atoms with van der Waals surface area (Å²) in [6.45, 7) is 3.93. The third-order valence-corrected chi connectivity index (χ3v) is 4.60. The predicted octanol–water partition coefficient (Wildman–Crippen LogP) is 2.19. The van der Waals surface area contributed by atoms with Crippen molar-refractivity contribution in [2.75, 3.05) is 32.1 Å². The van der Waals surface area contributed by atoms with Gasteiger partial charge < -0.3 is 9.80 Å². The van der Waals surface area contributed by atoms with Crippen LogP contribution in [-0.4, -0.2) is 42.5 Å². The van der Waals surface area contributed by atoms with E-state index in [0.29, 0.717) is 0 Å². The summed E-state index contributed by atoms with van der Waals surface area (Å²) in [6, 6.07) is 1.59. The van der Waals surface area contributed by atoms with E-state index in [2.05, 4.69) is 30.8 Å². The van der Waals surface area contributed by atoms with Gasteiger partial charge in [-0.25, -0.2) is 0 Å². The van der Waals surface area contributed by atoms with Crippen LogP contribution in [0, 0.1) is 10.1 Å². The molecular formula is C11H17N3O2S. The van der Waals surface area contributed by atoms with Crippen molar-refractivity contribution in [1.82, 2.24) is 4.90 Å². The lowest BCUT2D eigenvalue weighted by molar-refractivity contribution is -0.383. The second-order valence-electron chi connectivity index (χ2n) is 4.93. The Balaban J connectivity index is 2.21. The molecule has 5 nitrogen and oxygen atoms in total. The lowest BCUT2D eigenvalue weighted by Gasteiger charge is -2.32. The number of hydrogen-bond acceptors (Lipinski definition) is 5. The summed E-state index contributed by atoms with van der Waals surface area (Å²) in [5, 5.41) is 13.5. The molecule has 0 saturated carbocycles. The molecule has 1 unspecified atom stereocenters. The van der Waals surface area contributed by atoms with Crippen LogP contribution in [0.3, 0.4) is 0 Å². The molecular weight excluding hydrogens is 238 g/mol. The Labute approximate surface area is 105 Å². The molecule has 0 radical (unpaired) electrons. The van der Waals surface area contributed by atoms with Crippen molar-refractivity contribution >= 4 is 22.0 Å². The molecule has 1 fully saturated rings. The number of nitro groups is 1. The lowest BCUT2D eigenvalue weighted by atomic mass is 10.0. The van der Waals surface area contributed by atoms with E-state index in [1.165, 1.54) is 11.3 Å². The van der Waals surface area contributed by atoms with Crippen LogP contribution < -0.4 is 4.90 Å². The van der Waals surface area contributed by atoms with E-state index in [4.69, 9.17) is 0 Å². The average molecular weight is 255 g/mol. The Bertz CT molecular complexity index is 432. The number of likely N-dealkylation sites (N-methyl/N-ethyl adjacent to an activating group) is 1. The summed E-state index contributed by atoms with van der Waals surface area (Å²) in [5.74, 6) is 0. The van der Waals surface area contributed by atoms with Crippen LogP contribution >= 0.6 is 11.3 Å². The van der Waals surface area contributed by atoms with Crippen LogP contribution in [0.5, 0.6) is 0 Å². The summed E-state index contributed by atoms with van der Waals surface area (Å²) < 4.78 is 0. The highest BCUT2D eigenvalue weighted by Crippen LogP contribution is 2.38. The highest BCUT2D eigenvalue weighted by Gasteiger charge is 2.38. The van der Waals surface area contributed by atoms with Gasteiger partial charge in [-0.1, -0.05) is 0 Å². The first-order chi connectivity index (χ1) is 7.94. The quantitative estimate of drug-likeness (QED) is 0.613. The summed E-state index contributed by atoms with van der Waals surface area (Å²) in [6.07, 6.45) is 1.04. The molecule has 1 saturated heterocycles. The molecule has 0 aliphatic carbocycles. The van der Waals surface area contributed by atoms with Crippen molar-refractivity contribution in [3.8, 4) is 0 Å². The summed E-state index contributed by atoms with van der Waals surface area (Å²) in [5.41, 5.74) is 0.343. The van der Waals surface area contributed by atoms with Crippen molar-refractivity contribution in [2.24, 2.45) is 0 Å². The van der Waals surface area contributed by atoms with Crippen LogP contribution in [0.2, 0.25) is 0 Å². The first kappa shape index (κ1) is 12.3. The van der Waals surface area contributed by atoms with Crippen LogP contribution in [0.25, 0.3) is 0 Å². The standard InChI is InChI=1S/C11H17N3O2S/c1-11(12(2)3)5-6-13(8-11)10-9(14(15)16)4-7-17-10/h4,7H,5-6,8H2,1-3H3. The van der Waals surface area contributed by atoms with Gasteiger partial charge in [-0.05, 0) is 32.8 Å². The van der Waals surface area contributed by atoms with Gasteiger partial charge in [0.15, 0.2) is 5.00 Å². The van der Waals surface area contributed by atoms with Gasteiger partial charge >= 0.3 is 5.69 Å². The SMILES string of the molecule is CN(C)C1(C)CCN(c2sccc2[N+](=O)[O-])C1. The smallest absolute Gasteiger partial charge is 0.303 e. The van der Waals surface area contributed by atoms with Crippen molar-refractivity contribution < 1.29 is 4.92 Å². The summed E-state index contributed by atoms with van der Waals surface area (Å²) in [7, 11) is 4.12. The molecule has 0 bridgehead atoms. The minimum absolute atomic E-state index is 0.109. The van der Waals surface area contributed by atoms with E-state index in [0.717, 1.165) is 24.5 Å². The zero-order valence-corrected chi connectivity index (χ0v) is 11.2. The van der Waals surface area contributed by atoms with Gasteiger partial charge in [0.25, 0.3) is 0 Å². The first-order valence-corrected chi connectivity index (χ1v) is 6.46. The number of thiophene rings is 1. The molecule has 6 heteroatoms. The van der Waals surface area contributed by atoms with Gasteiger partial charge in [0.2, 0.25) is 0 Å². The Morgan fingerprint density at radius 3 is 2.82 bits per heavy atom. The van der Waals surface area contributed by atoms with E-state index in [-0.39, 0.29) is 16.1 Å². The molecule has 0 spiro atoms. The molecule has 0 aromatic carbocycles. The maximum Gasteiger partial charge on any atom is 0.303 e. The van der Waals surface area contributed by atoms with E-state index < -0.39 is 0 Å². The van der Waals surface area contributed by atoms with Gasteiger partial charge in [0, 0.05) is 24.7 Å². The number of rotatable bonds is 3. The minimum atomic E-state index is -0.294. The number of nitrogens with zero attached hydrogens (tertiary/aromatic N) is 3. The van der Waals surface area contributed by atoms with E-state index >= 15 is 0 Å². The Morgan fingerprint density at radius 1 is 1.59 bits per heavy atom. The molecule has 2 rings (SSSR count). The fourth-order valence-electron chi connectivity index (χ4n) is 2.15. The highest BCUT2D eigenvalue weighted by atomic mass is 32.1. The topological polar surface area (TPSA) is 49.6 Å². The van der Waals surface area contributed by atoms with Crippen molar-refractivity contribution in [2.45, 2.75) is 18.9 Å². The monoisotopic (exact) mass is 255 g/mol. The maximum atomic E-state index is 10.9. The first-order valence-electron chi connectivity index (χ1n) is 5.58. The Hall–Kier alpha value is -1.14.